The third-order valence-electron chi connectivity index (χ3n) is 2.74. The summed E-state index contributed by atoms with van der Waals surface area (Å²) in [6.07, 6.45) is 0.884. The van der Waals surface area contributed by atoms with Gasteiger partial charge >= 0.3 is 0 Å². The van der Waals surface area contributed by atoms with Crippen molar-refractivity contribution in [2.75, 3.05) is 5.43 Å². The van der Waals surface area contributed by atoms with E-state index in [1.807, 2.05) is 24.3 Å². The number of nitrogens with zero attached hydrogens (tertiary/aromatic N) is 1. The topological polar surface area (TPSA) is 50.9 Å². The molecular formula is C14H18BrN3. The lowest BCUT2D eigenvalue weighted by Gasteiger charge is -2.20. The van der Waals surface area contributed by atoms with Crippen molar-refractivity contribution in [1.29, 1.82) is 0 Å². The molecule has 4 heteroatoms. The van der Waals surface area contributed by atoms with Crippen LogP contribution in [0.2, 0.25) is 0 Å². The van der Waals surface area contributed by atoms with Crippen LogP contribution in [0.25, 0.3) is 10.9 Å². The van der Waals surface area contributed by atoms with Crippen LogP contribution in [-0.4, -0.2) is 4.98 Å². The van der Waals surface area contributed by atoms with E-state index in [0.29, 0.717) is 0 Å². The largest absolute Gasteiger partial charge is 0.322 e. The first kappa shape index (κ1) is 13.3. The molecule has 0 fully saturated rings. The van der Waals surface area contributed by atoms with Gasteiger partial charge in [0, 0.05) is 9.86 Å². The molecule has 2 aromatic rings. The van der Waals surface area contributed by atoms with E-state index in [-0.39, 0.29) is 5.41 Å². The first-order valence-electron chi connectivity index (χ1n) is 5.95. The molecule has 1 heterocycles. The highest BCUT2D eigenvalue weighted by Gasteiger charge is 2.16. The summed E-state index contributed by atoms with van der Waals surface area (Å²) >= 11 is 3.54. The molecule has 0 spiro atoms. The van der Waals surface area contributed by atoms with E-state index in [0.717, 1.165) is 33.2 Å². The van der Waals surface area contributed by atoms with Crippen LogP contribution in [0.5, 0.6) is 0 Å². The minimum atomic E-state index is 0.179. The van der Waals surface area contributed by atoms with Crippen molar-refractivity contribution >= 4 is 32.5 Å². The van der Waals surface area contributed by atoms with Crippen molar-refractivity contribution in [2.45, 2.75) is 27.2 Å². The van der Waals surface area contributed by atoms with E-state index >= 15 is 0 Å². The number of fused-ring (bicyclic) bond motifs is 1. The van der Waals surface area contributed by atoms with Gasteiger partial charge in [-0.25, -0.2) is 0 Å². The van der Waals surface area contributed by atoms with Crippen LogP contribution in [0.15, 0.2) is 28.7 Å². The highest BCUT2D eigenvalue weighted by Crippen LogP contribution is 2.30. The third kappa shape index (κ3) is 2.82. The van der Waals surface area contributed by atoms with E-state index in [4.69, 9.17) is 10.8 Å². The Labute approximate surface area is 116 Å². The summed E-state index contributed by atoms with van der Waals surface area (Å²) in [6.45, 7) is 6.58. The number of anilines is 1. The minimum absolute atomic E-state index is 0.179. The molecule has 1 aromatic carbocycles. The number of hydrogen-bond donors (Lipinski definition) is 2. The smallest absolute Gasteiger partial charge is 0.0718 e. The maximum Gasteiger partial charge on any atom is 0.0718 e. The monoisotopic (exact) mass is 307 g/mol. The van der Waals surface area contributed by atoms with Crippen LogP contribution >= 0.6 is 15.9 Å². The third-order valence-corrected chi connectivity index (χ3v) is 3.43. The molecule has 18 heavy (non-hydrogen) atoms. The van der Waals surface area contributed by atoms with Gasteiger partial charge in [-0.2, -0.15) is 0 Å². The van der Waals surface area contributed by atoms with E-state index in [2.05, 4.69) is 42.1 Å². The number of rotatable bonds is 2. The van der Waals surface area contributed by atoms with E-state index in [1.54, 1.807) is 0 Å². The molecule has 0 aliphatic heterocycles. The van der Waals surface area contributed by atoms with E-state index < -0.39 is 0 Å². The Morgan fingerprint density at radius 1 is 1.33 bits per heavy atom. The Hall–Kier alpha value is -1.13. The van der Waals surface area contributed by atoms with Crippen LogP contribution in [0.1, 0.15) is 26.5 Å². The average Bonchev–Trinajstić information content (AvgIpc) is 2.26. The fourth-order valence-electron chi connectivity index (χ4n) is 1.96. The Balaban J connectivity index is 2.59. The molecule has 0 bridgehead atoms. The fourth-order valence-corrected chi connectivity index (χ4v) is 2.43. The van der Waals surface area contributed by atoms with Crippen molar-refractivity contribution in [3.63, 3.8) is 0 Å². The zero-order chi connectivity index (χ0) is 13.3. The van der Waals surface area contributed by atoms with Crippen LogP contribution in [0, 0.1) is 5.41 Å². The van der Waals surface area contributed by atoms with Crippen LogP contribution in [0.4, 0.5) is 5.69 Å². The number of nitrogens with two attached hydrogens (primary N) is 1. The highest BCUT2D eigenvalue weighted by atomic mass is 79.9. The molecule has 0 amide bonds. The van der Waals surface area contributed by atoms with Crippen molar-refractivity contribution in [3.8, 4) is 0 Å². The summed E-state index contributed by atoms with van der Waals surface area (Å²) in [5.74, 6) is 5.61. The number of hydrogen-bond acceptors (Lipinski definition) is 3. The molecule has 0 radical (unpaired) electrons. The second-order valence-electron chi connectivity index (χ2n) is 5.67. The maximum atomic E-state index is 5.61. The van der Waals surface area contributed by atoms with Gasteiger partial charge in [0.15, 0.2) is 0 Å². The lowest BCUT2D eigenvalue weighted by atomic mass is 9.89. The van der Waals surface area contributed by atoms with Crippen LogP contribution in [-0.2, 0) is 6.42 Å². The van der Waals surface area contributed by atoms with Gasteiger partial charge in [0.05, 0.1) is 16.9 Å². The zero-order valence-corrected chi connectivity index (χ0v) is 12.5. The molecule has 0 saturated carbocycles. The number of nitrogen functional groups attached to an aromatic ring is 1. The second-order valence-corrected chi connectivity index (χ2v) is 6.53. The minimum Gasteiger partial charge on any atom is -0.322 e. The summed E-state index contributed by atoms with van der Waals surface area (Å²) in [5, 5.41) is 1.07. The Morgan fingerprint density at radius 2 is 2.06 bits per heavy atom. The highest BCUT2D eigenvalue weighted by molar-refractivity contribution is 9.10. The van der Waals surface area contributed by atoms with Gasteiger partial charge < -0.3 is 5.43 Å². The molecule has 0 aliphatic carbocycles. The molecule has 3 N–H and O–H groups in total. The summed E-state index contributed by atoms with van der Waals surface area (Å²) in [7, 11) is 0. The van der Waals surface area contributed by atoms with Gasteiger partial charge in [0.2, 0.25) is 0 Å². The first-order valence-corrected chi connectivity index (χ1v) is 6.75. The molecule has 0 saturated heterocycles. The average molecular weight is 308 g/mol. The summed E-state index contributed by atoms with van der Waals surface area (Å²) < 4.78 is 1.03. The molecule has 2 rings (SSSR count). The number of hydrazine groups is 1. The van der Waals surface area contributed by atoms with E-state index in [1.165, 1.54) is 0 Å². The summed E-state index contributed by atoms with van der Waals surface area (Å²) in [6, 6.07) is 8.07. The van der Waals surface area contributed by atoms with Crippen molar-refractivity contribution < 1.29 is 0 Å². The number of benzene rings is 1. The zero-order valence-electron chi connectivity index (χ0n) is 10.9. The summed E-state index contributed by atoms with van der Waals surface area (Å²) in [4.78, 5) is 4.72. The van der Waals surface area contributed by atoms with Crippen molar-refractivity contribution in [2.24, 2.45) is 11.3 Å². The predicted octanol–water partition coefficient (Wildman–Crippen LogP) is 3.87. The standard InChI is InChI=1S/C14H18BrN3/c1-14(2,3)8-13-12(18-16)7-9-10(15)5-4-6-11(9)17-13/h4-7,18H,8,16H2,1-3H3. The van der Waals surface area contributed by atoms with Crippen molar-refractivity contribution in [3.05, 3.63) is 34.4 Å². The van der Waals surface area contributed by atoms with Gasteiger partial charge in [-0.3, -0.25) is 10.8 Å². The Bertz CT molecular complexity index is 573. The molecule has 0 aliphatic rings. The number of aromatic nitrogens is 1. The molecule has 0 unspecified atom stereocenters. The van der Waals surface area contributed by atoms with Gasteiger partial charge in [-0.05, 0) is 30.0 Å². The van der Waals surface area contributed by atoms with Gasteiger partial charge in [-0.1, -0.05) is 42.8 Å². The number of halogens is 1. The molecule has 3 nitrogen and oxygen atoms in total. The normalized spacial score (nSPS) is 11.8. The van der Waals surface area contributed by atoms with Gasteiger partial charge in [0.25, 0.3) is 0 Å². The van der Waals surface area contributed by atoms with Crippen LogP contribution in [0.3, 0.4) is 0 Å². The lowest BCUT2D eigenvalue weighted by Crippen LogP contribution is -2.16. The van der Waals surface area contributed by atoms with Gasteiger partial charge in [-0.15, -0.1) is 0 Å². The molecular weight excluding hydrogens is 290 g/mol. The molecule has 96 valence electrons. The van der Waals surface area contributed by atoms with Crippen molar-refractivity contribution in [1.82, 2.24) is 4.98 Å². The number of pyridine rings is 1. The van der Waals surface area contributed by atoms with E-state index in [9.17, 15) is 0 Å². The molecule has 1 aromatic heterocycles. The summed E-state index contributed by atoms with van der Waals surface area (Å²) in [5.41, 5.74) is 5.82. The van der Waals surface area contributed by atoms with Crippen LogP contribution < -0.4 is 11.3 Å². The maximum absolute atomic E-state index is 5.61. The Morgan fingerprint density at radius 3 is 2.67 bits per heavy atom. The predicted molar refractivity (Wildman–Crippen MR) is 80.4 cm³/mol. The second kappa shape index (κ2) is 4.86. The number of nitrogens with one attached hydrogen (secondary N) is 1. The Kier molecular flexibility index (Phi) is 3.59. The van der Waals surface area contributed by atoms with Gasteiger partial charge in [0.1, 0.15) is 0 Å². The quantitative estimate of drug-likeness (QED) is 0.654. The molecule has 0 atom stereocenters. The lowest BCUT2D eigenvalue weighted by molar-refractivity contribution is 0.407. The first-order chi connectivity index (χ1) is 8.40. The fraction of sp³-hybridized carbons (Fsp3) is 0.357. The SMILES string of the molecule is CC(C)(C)Cc1nc2cccc(Br)c2cc1NN.